The van der Waals surface area contributed by atoms with Crippen molar-refractivity contribution in [1.82, 2.24) is 4.90 Å². The SMILES string of the molecule is CC(C)N(CCOc1ccc([C@@H]2C=C3CC(=O)Cc4c5c(cc(O)c4C3=CO2)C=CCO5)cc1)C(C)C. The van der Waals surface area contributed by atoms with Crippen molar-refractivity contribution >= 4 is 17.4 Å². The molecule has 0 radical (unpaired) electrons. The summed E-state index contributed by atoms with van der Waals surface area (Å²) in [5.74, 6) is 1.71. The van der Waals surface area contributed by atoms with Crippen molar-refractivity contribution in [2.75, 3.05) is 19.8 Å². The average molecular weight is 502 g/mol. The first kappa shape index (κ1) is 25.2. The fourth-order valence-electron chi connectivity index (χ4n) is 5.48. The van der Waals surface area contributed by atoms with Gasteiger partial charge in [0.15, 0.2) is 0 Å². The molecule has 1 aliphatic carbocycles. The first-order valence-electron chi connectivity index (χ1n) is 13.1. The van der Waals surface area contributed by atoms with Crippen LogP contribution in [0.1, 0.15) is 62.5 Å². The van der Waals surface area contributed by atoms with Gasteiger partial charge in [-0.1, -0.05) is 18.2 Å². The van der Waals surface area contributed by atoms with Crippen molar-refractivity contribution in [1.29, 1.82) is 0 Å². The molecule has 6 nitrogen and oxygen atoms in total. The number of benzene rings is 2. The number of ether oxygens (including phenoxy) is 3. The van der Waals surface area contributed by atoms with Crippen LogP contribution in [0.25, 0.3) is 11.6 Å². The standard InChI is InChI=1S/C31H35NO5/c1-19(2)32(20(3)4)11-13-35-25-9-7-21(8-10-25)29-16-23-14-24(33)17-26-30(27(23)18-37-29)28(34)15-22-6-5-12-36-31(22)26/h5-10,15-16,18-20,29,34H,11-14,17H2,1-4H3/t29-/m0/s1. The van der Waals surface area contributed by atoms with Crippen molar-refractivity contribution < 1.29 is 24.1 Å². The summed E-state index contributed by atoms with van der Waals surface area (Å²) in [6, 6.07) is 10.6. The van der Waals surface area contributed by atoms with Gasteiger partial charge in [0.2, 0.25) is 0 Å². The van der Waals surface area contributed by atoms with Crippen LogP contribution in [-0.2, 0) is 16.0 Å². The lowest BCUT2D eigenvalue weighted by molar-refractivity contribution is -0.117. The van der Waals surface area contributed by atoms with Crippen molar-refractivity contribution in [3.63, 3.8) is 0 Å². The number of aromatic hydroxyl groups is 1. The van der Waals surface area contributed by atoms with E-state index in [4.69, 9.17) is 14.2 Å². The van der Waals surface area contributed by atoms with Crippen LogP contribution in [0.15, 0.2) is 54.3 Å². The Morgan fingerprint density at radius 2 is 1.86 bits per heavy atom. The second kappa shape index (κ2) is 10.5. The highest BCUT2D eigenvalue weighted by Gasteiger charge is 2.32. The van der Waals surface area contributed by atoms with Gasteiger partial charge in [-0.05, 0) is 69.2 Å². The van der Waals surface area contributed by atoms with Crippen LogP contribution < -0.4 is 9.47 Å². The molecular weight excluding hydrogens is 466 g/mol. The highest BCUT2D eigenvalue weighted by Crippen LogP contribution is 2.47. The second-order valence-electron chi connectivity index (χ2n) is 10.4. The quantitative estimate of drug-likeness (QED) is 0.513. The van der Waals surface area contributed by atoms with E-state index in [1.165, 1.54) is 0 Å². The Bertz CT molecular complexity index is 1260. The Morgan fingerprint density at radius 1 is 1.11 bits per heavy atom. The number of Topliss-reactive ketones (excluding diaryl/α,β-unsaturated/α-hetero) is 1. The topological polar surface area (TPSA) is 68.2 Å². The summed E-state index contributed by atoms with van der Waals surface area (Å²) in [5.41, 5.74) is 4.74. The minimum Gasteiger partial charge on any atom is -0.507 e. The van der Waals surface area contributed by atoms with Crippen LogP contribution in [0.5, 0.6) is 17.2 Å². The summed E-state index contributed by atoms with van der Waals surface area (Å²) in [4.78, 5) is 15.3. The zero-order valence-corrected chi connectivity index (χ0v) is 22.0. The molecule has 2 aromatic carbocycles. The normalized spacial score (nSPS) is 18.4. The van der Waals surface area contributed by atoms with Crippen LogP contribution in [0.2, 0.25) is 0 Å². The van der Waals surface area contributed by atoms with Crippen molar-refractivity contribution in [3.05, 3.63) is 76.6 Å². The molecular formula is C31H35NO5. The van der Waals surface area contributed by atoms with Gasteiger partial charge in [-0.2, -0.15) is 0 Å². The van der Waals surface area contributed by atoms with E-state index in [1.54, 1.807) is 12.3 Å². The number of hydrogen-bond donors (Lipinski definition) is 1. The number of carbonyl (C=O) groups excluding carboxylic acids is 1. The average Bonchev–Trinajstić information content (AvgIpc) is 3.02. The largest absolute Gasteiger partial charge is 0.507 e. The Morgan fingerprint density at radius 3 is 2.59 bits per heavy atom. The first-order valence-corrected chi connectivity index (χ1v) is 13.1. The molecule has 2 aliphatic heterocycles. The van der Waals surface area contributed by atoms with Crippen LogP contribution in [-0.4, -0.2) is 47.6 Å². The first-order chi connectivity index (χ1) is 17.8. The predicted molar refractivity (Wildman–Crippen MR) is 145 cm³/mol. The van der Waals surface area contributed by atoms with Crippen molar-refractivity contribution in [3.8, 4) is 17.2 Å². The number of phenols is 1. The molecule has 0 fully saturated rings. The number of rotatable bonds is 7. The minimum atomic E-state index is -0.321. The van der Waals surface area contributed by atoms with E-state index in [2.05, 4.69) is 32.6 Å². The van der Waals surface area contributed by atoms with E-state index in [9.17, 15) is 9.90 Å². The number of nitrogens with zero attached hydrogens (tertiary/aromatic N) is 1. The maximum Gasteiger partial charge on any atom is 0.142 e. The van der Waals surface area contributed by atoms with E-state index in [0.717, 1.165) is 40.1 Å². The van der Waals surface area contributed by atoms with E-state index >= 15 is 0 Å². The molecule has 0 bridgehead atoms. The molecule has 37 heavy (non-hydrogen) atoms. The summed E-state index contributed by atoms with van der Waals surface area (Å²) >= 11 is 0. The highest BCUT2D eigenvalue weighted by atomic mass is 16.5. The molecule has 0 saturated heterocycles. The fourth-order valence-corrected chi connectivity index (χ4v) is 5.48. The van der Waals surface area contributed by atoms with Crippen LogP contribution >= 0.6 is 0 Å². The molecule has 0 saturated carbocycles. The monoisotopic (exact) mass is 501 g/mol. The molecule has 6 heteroatoms. The summed E-state index contributed by atoms with van der Waals surface area (Å²) in [6.07, 6.45) is 7.67. The third-order valence-electron chi connectivity index (χ3n) is 7.22. The van der Waals surface area contributed by atoms with Gasteiger partial charge in [0, 0.05) is 53.7 Å². The third-order valence-corrected chi connectivity index (χ3v) is 7.22. The van der Waals surface area contributed by atoms with E-state index in [0.29, 0.717) is 36.6 Å². The molecule has 1 atom stereocenters. The van der Waals surface area contributed by atoms with Gasteiger partial charge in [-0.25, -0.2) is 0 Å². The Labute approximate surface area is 218 Å². The van der Waals surface area contributed by atoms with Crippen molar-refractivity contribution in [2.45, 2.75) is 58.7 Å². The number of phenolic OH excluding ortho intramolecular Hbond substituents is 1. The van der Waals surface area contributed by atoms with Crippen LogP contribution in [0.3, 0.4) is 0 Å². The van der Waals surface area contributed by atoms with Crippen LogP contribution in [0.4, 0.5) is 0 Å². The van der Waals surface area contributed by atoms with Crippen molar-refractivity contribution in [2.24, 2.45) is 0 Å². The van der Waals surface area contributed by atoms with Gasteiger partial charge < -0.3 is 19.3 Å². The number of ketones is 1. The molecule has 2 heterocycles. The molecule has 0 spiro atoms. The van der Waals surface area contributed by atoms with Gasteiger partial charge in [0.25, 0.3) is 0 Å². The maximum atomic E-state index is 12.9. The lowest BCUT2D eigenvalue weighted by Crippen LogP contribution is -2.39. The summed E-state index contributed by atoms with van der Waals surface area (Å²) in [6.45, 7) is 10.8. The van der Waals surface area contributed by atoms with Gasteiger partial charge in [-0.15, -0.1) is 0 Å². The van der Waals surface area contributed by atoms with Gasteiger partial charge >= 0.3 is 0 Å². The zero-order chi connectivity index (χ0) is 26.1. The maximum absolute atomic E-state index is 12.9. The Balaban J connectivity index is 1.33. The molecule has 0 amide bonds. The molecule has 0 aromatic heterocycles. The molecule has 0 unspecified atom stereocenters. The van der Waals surface area contributed by atoms with Gasteiger partial charge in [0.1, 0.15) is 42.3 Å². The highest BCUT2D eigenvalue weighted by molar-refractivity contribution is 5.98. The second-order valence-corrected chi connectivity index (χ2v) is 10.4. The van der Waals surface area contributed by atoms with E-state index in [-0.39, 0.29) is 30.5 Å². The van der Waals surface area contributed by atoms with Crippen LogP contribution in [0, 0.1) is 0 Å². The number of fused-ring (bicyclic) bond motifs is 5. The molecule has 1 N–H and O–H groups in total. The number of hydrogen-bond acceptors (Lipinski definition) is 6. The lowest BCUT2D eigenvalue weighted by Gasteiger charge is -2.30. The minimum absolute atomic E-state index is 0.0862. The third kappa shape index (κ3) is 5.16. The van der Waals surface area contributed by atoms with E-state index < -0.39 is 0 Å². The summed E-state index contributed by atoms with van der Waals surface area (Å²) in [7, 11) is 0. The fraction of sp³-hybridized carbons (Fsp3) is 0.387. The molecule has 194 valence electrons. The molecule has 5 rings (SSSR count). The number of carbonyl (C=O) groups is 1. The van der Waals surface area contributed by atoms with Gasteiger partial charge in [-0.3, -0.25) is 9.69 Å². The predicted octanol–water partition coefficient (Wildman–Crippen LogP) is 5.85. The molecule has 3 aliphatic rings. The number of allylic oxidation sites excluding steroid dienone is 2. The molecule has 2 aromatic rings. The summed E-state index contributed by atoms with van der Waals surface area (Å²) < 4.78 is 18.0. The summed E-state index contributed by atoms with van der Waals surface area (Å²) in [5, 5.41) is 10.9. The zero-order valence-electron chi connectivity index (χ0n) is 22.0. The lowest BCUT2D eigenvalue weighted by atomic mass is 9.90. The van der Waals surface area contributed by atoms with Gasteiger partial charge in [0.05, 0.1) is 6.26 Å². The smallest absolute Gasteiger partial charge is 0.142 e. The Hall–Kier alpha value is -3.51. The van der Waals surface area contributed by atoms with E-state index in [1.807, 2.05) is 42.5 Å². The Kier molecular flexibility index (Phi) is 7.11.